The van der Waals surface area contributed by atoms with Gasteiger partial charge in [-0.15, -0.1) is 0 Å². The minimum absolute atomic E-state index is 0.0407. The number of hydrazine groups is 1. The summed E-state index contributed by atoms with van der Waals surface area (Å²) >= 11 is 0. The summed E-state index contributed by atoms with van der Waals surface area (Å²) in [7, 11) is 0. The van der Waals surface area contributed by atoms with Crippen molar-refractivity contribution in [3.8, 4) is 0 Å². The van der Waals surface area contributed by atoms with Crippen LogP contribution in [-0.2, 0) is 9.59 Å². The zero-order valence-corrected chi connectivity index (χ0v) is 20.4. The molecule has 0 saturated carbocycles. The molecule has 1 amide bonds. The van der Waals surface area contributed by atoms with Crippen LogP contribution in [-0.4, -0.2) is 64.5 Å². The lowest BCUT2D eigenvalue weighted by Gasteiger charge is -2.36. The van der Waals surface area contributed by atoms with Crippen molar-refractivity contribution in [2.24, 2.45) is 16.6 Å². The van der Waals surface area contributed by atoms with Crippen LogP contribution in [0.25, 0.3) is 5.57 Å². The molecule has 1 saturated heterocycles. The summed E-state index contributed by atoms with van der Waals surface area (Å²) in [5.74, 6) is 3.95. The van der Waals surface area contributed by atoms with Gasteiger partial charge >= 0.3 is 0 Å². The van der Waals surface area contributed by atoms with Crippen LogP contribution in [0.2, 0.25) is 0 Å². The largest absolute Gasteiger partial charge is 0.403 e. The van der Waals surface area contributed by atoms with E-state index < -0.39 is 17.5 Å². The molecule has 1 aromatic carbocycles. The normalized spacial score (nSPS) is 14.4. The highest BCUT2D eigenvalue weighted by atomic mass is 19.1. The predicted molar refractivity (Wildman–Crippen MR) is 139 cm³/mol. The minimum atomic E-state index is -0.955. The van der Waals surface area contributed by atoms with Crippen LogP contribution in [0.4, 0.5) is 15.9 Å². The summed E-state index contributed by atoms with van der Waals surface area (Å²) in [6.07, 6.45) is 3.25. The minimum Gasteiger partial charge on any atom is -0.403 e. The Hall–Kier alpha value is -4.25. The molecule has 1 fully saturated rings. The molecule has 0 atom stereocenters. The lowest BCUT2D eigenvalue weighted by Crippen LogP contribution is -2.52. The fourth-order valence-corrected chi connectivity index (χ4v) is 3.85. The van der Waals surface area contributed by atoms with Gasteiger partial charge in [-0.3, -0.25) is 19.6 Å². The second-order valence-electron chi connectivity index (χ2n) is 8.47. The van der Waals surface area contributed by atoms with Gasteiger partial charge in [0.05, 0.1) is 11.9 Å². The maximum absolute atomic E-state index is 14.6. The van der Waals surface area contributed by atoms with Crippen LogP contribution in [0.1, 0.15) is 25.0 Å². The lowest BCUT2D eigenvalue weighted by atomic mass is 10.0. The molecule has 0 unspecified atom stereocenters. The summed E-state index contributed by atoms with van der Waals surface area (Å²) in [5, 5.41) is 0.972. The van der Waals surface area contributed by atoms with Crippen molar-refractivity contribution in [1.82, 2.24) is 14.8 Å². The molecular formula is C25H31FN8O2. The van der Waals surface area contributed by atoms with Crippen molar-refractivity contribution in [1.29, 1.82) is 0 Å². The number of piperazine rings is 1. The number of hydrogen-bond donors (Lipinski definition) is 3. The van der Waals surface area contributed by atoms with E-state index in [4.69, 9.17) is 22.3 Å². The Balaban J connectivity index is 1.75. The lowest BCUT2D eigenvalue weighted by molar-refractivity contribution is -0.142. The van der Waals surface area contributed by atoms with E-state index in [1.54, 1.807) is 0 Å². The van der Waals surface area contributed by atoms with E-state index >= 15 is 0 Å². The molecule has 36 heavy (non-hydrogen) atoms. The van der Waals surface area contributed by atoms with Gasteiger partial charge in [-0.1, -0.05) is 36.9 Å². The molecule has 1 aromatic heterocycles. The number of amidine groups is 1. The number of carbonyl (C=O) groups excluding carboxylic acids is 2. The molecule has 2 aromatic rings. The van der Waals surface area contributed by atoms with Crippen LogP contribution >= 0.6 is 0 Å². The Labute approximate surface area is 209 Å². The van der Waals surface area contributed by atoms with Gasteiger partial charge in [0.15, 0.2) is 11.6 Å². The Morgan fingerprint density at radius 2 is 1.78 bits per heavy atom. The van der Waals surface area contributed by atoms with Gasteiger partial charge in [0, 0.05) is 61.3 Å². The van der Waals surface area contributed by atoms with E-state index in [2.05, 4.69) is 16.5 Å². The average Bonchev–Trinajstić information content (AvgIpc) is 2.87. The van der Waals surface area contributed by atoms with Crippen molar-refractivity contribution in [2.75, 3.05) is 36.9 Å². The van der Waals surface area contributed by atoms with Gasteiger partial charge in [-0.2, -0.15) is 0 Å². The highest BCUT2D eigenvalue weighted by Gasteiger charge is 2.31. The van der Waals surface area contributed by atoms with Crippen LogP contribution in [0.5, 0.6) is 0 Å². The number of benzene rings is 1. The van der Waals surface area contributed by atoms with Gasteiger partial charge in [0.1, 0.15) is 5.84 Å². The Bertz CT molecular complexity index is 1190. The zero-order valence-electron chi connectivity index (χ0n) is 20.4. The van der Waals surface area contributed by atoms with Gasteiger partial charge in [-0.05, 0) is 13.8 Å². The maximum atomic E-state index is 14.6. The topological polar surface area (TPSA) is 147 Å². The number of pyridine rings is 1. The number of aromatic nitrogens is 1. The molecule has 10 nitrogen and oxygen atoms in total. The van der Waals surface area contributed by atoms with Gasteiger partial charge < -0.3 is 21.3 Å². The number of nitrogens with two attached hydrogens (primary N) is 3. The van der Waals surface area contributed by atoms with Crippen molar-refractivity contribution < 1.29 is 14.0 Å². The summed E-state index contributed by atoms with van der Waals surface area (Å²) in [5.41, 5.74) is 11.4. The number of aliphatic imine (C=N–C) groups is 1. The Morgan fingerprint density at radius 3 is 2.36 bits per heavy atom. The first-order valence-corrected chi connectivity index (χ1v) is 11.4. The quantitative estimate of drug-likeness (QED) is 0.131. The predicted octanol–water partition coefficient (Wildman–Crippen LogP) is 1.49. The van der Waals surface area contributed by atoms with E-state index in [9.17, 15) is 14.0 Å². The fraction of sp³-hybridized carbons (Fsp3) is 0.280. The highest BCUT2D eigenvalue weighted by molar-refractivity contribution is 6.53. The van der Waals surface area contributed by atoms with Crippen molar-refractivity contribution in [3.05, 3.63) is 72.5 Å². The van der Waals surface area contributed by atoms with E-state index in [-0.39, 0.29) is 28.7 Å². The molecule has 1 aliphatic rings. The third-order valence-electron chi connectivity index (χ3n) is 5.59. The van der Waals surface area contributed by atoms with Crippen LogP contribution in [0.15, 0.2) is 60.5 Å². The molecule has 1 aliphatic heterocycles. The third-order valence-corrected chi connectivity index (χ3v) is 5.59. The number of Topliss-reactive ketones (excluding diaryl/α,β-unsaturated/α-hetero) is 1. The Morgan fingerprint density at radius 1 is 1.17 bits per heavy atom. The van der Waals surface area contributed by atoms with E-state index in [0.717, 1.165) is 28.8 Å². The molecule has 0 bridgehead atoms. The standard InChI is InChI=1S/C25H31FN8O2/c1-16(2)31-23(18-7-5-4-6-8-18)32-11-13-33(14-12-32)25(36)22(35)17(3)20-19(26)15-30-24(21(20)28)34(29)10-9-27/h4-10,15-16H,3,11-14,27-29H2,1-2H3/b10-9-,31-23?. The molecule has 0 aliphatic carbocycles. The van der Waals surface area contributed by atoms with Crippen molar-refractivity contribution in [2.45, 2.75) is 19.9 Å². The van der Waals surface area contributed by atoms with E-state index in [1.807, 2.05) is 44.2 Å². The number of nitrogens with zero attached hydrogens (tertiary/aromatic N) is 5. The second kappa shape index (κ2) is 11.5. The SMILES string of the molecule is C=C(C(=O)C(=O)N1CCN(C(=NC(C)C)c2ccccc2)CC1)c1c(F)cnc(N(N)/C=C\N)c1N. The summed E-state index contributed by atoms with van der Waals surface area (Å²) in [6, 6.07) is 9.88. The molecule has 6 N–H and O–H groups in total. The van der Waals surface area contributed by atoms with Gasteiger partial charge in [-0.25, -0.2) is 15.2 Å². The number of ketones is 1. The first-order valence-electron chi connectivity index (χ1n) is 11.4. The second-order valence-corrected chi connectivity index (χ2v) is 8.47. The van der Waals surface area contributed by atoms with Crippen molar-refractivity contribution >= 4 is 34.6 Å². The fourth-order valence-electron chi connectivity index (χ4n) is 3.85. The van der Waals surface area contributed by atoms with E-state index in [1.165, 1.54) is 11.1 Å². The molecule has 11 heteroatoms. The molecule has 3 rings (SSSR count). The number of rotatable bonds is 7. The smallest absolute Gasteiger partial charge is 0.295 e. The Kier molecular flexibility index (Phi) is 8.38. The number of amides is 1. The highest BCUT2D eigenvalue weighted by Crippen LogP contribution is 2.31. The number of anilines is 2. The van der Waals surface area contributed by atoms with E-state index in [0.29, 0.717) is 26.2 Å². The van der Waals surface area contributed by atoms with Crippen LogP contribution in [0.3, 0.4) is 0 Å². The number of nitrogen functional groups attached to an aromatic ring is 1. The average molecular weight is 495 g/mol. The number of hydrogen-bond acceptors (Lipinski definition) is 8. The molecule has 2 heterocycles. The zero-order chi connectivity index (χ0) is 26.4. The maximum Gasteiger partial charge on any atom is 0.295 e. The molecule has 0 radical (unpaired) electrons. The molecule has 190 valence electrons. The number of carbonyl (C=O) groups is 2. The van der Waals surface area contributed by atoms with Crippen LogP contribution in [0, 0.1) is 5.82 Å². The van der Waals surface area contributed by atoms with Gasteiger partial charge in [0.25, 0.3) is 11.7 Å². The third kappa shape index (κ3) is 5.69. The number of halogens is 1. The molecular weight excluding hydrogens is 463 g/mol. The van der Waals surface area contributed by atoms with Gasteiger partial charge in [0.2, 0.25) is 0 Å². The van der Waals surface area contributed by atoms with Crippen molar-refractivity contribution in [3.63, 3.8) is 0 Å². The summed E-state index contributed by atoms with van der Waals surface area (Å²) < 4.78 is 14.6. The summed E-state index contributed by atoms with van der Waals surface area (Å²) in [6.45, 7) is 9.19. The first-order chi connectivity index (χ1) is 17.1. The monoisotopic (exact) mass is 494 g/mol. The van der Waals surface area contributed by atoms with Crippen LogP contribution < -0.4 is 22.3 Å². The first kappa shape index (κ1) is 26.4. The molecule has 0 spiro atoms. The summed E-state index contributed by atoms with van der Waals surface area (Å²) in [4.78, 5) is 38.1.